The van der Waals surface area contributed by atoms with Crippen LogP contribution in [0.2, 0.25) is 0 Å². The summed E-state index contributed by atoms with van der Waals surface area (Å²) < 4.78 is 4.90. The Bertz CT molecular complexity index is 108. The van der Waals surface area contributed by atoms with Crippen LogP contribution in [-0.2, 0) is 4.74 Å². The first kappa shape index (κ1) is 11.8. The lowest BCUT2D eigenvalue weighted by Crippen LogP contribution is -2.42. The summed E-state index contributed by atoms with van der Waals surface area (Å²) in [4.78, 5) is 0. The van der Waals surface area contributed by atoms with E-state index in [1.54, 1.807) is 0 Å². The highest BCUT2D eigenvalue weighted by atomic mass is 16.5. The zero-order valence-electron chi connectivity index (χ0n) is 7.05. The molecule has 1 rings (SSSR count). The molecule has 0 aliphatic carbocycles. The van der Waals surface area contributed by atoms with Gasteiger partial charge in [-0.3, -0.25) is 0 Å². The number of aliphatic hydroxyl groups excluding tert-OH is 4. The van der Waals surface area contributed by atoms with Crippen LogP contribution in [0, 0.1) is 0 Å². The third-order valence-electron chi connectivity index (χ3n) is 1.63. The van der Waals surface area contributed by atoms with Gasteiger partial charge in [-0.1, -0.05) is 0 Å². The highest BCUT2D eigenvalue weighted by Crippen LogP contribution is 2.13. The maximum Gasteiger partial charge on any atom is 0.107 e. The van der Waals surface area contributed by atoms with Gasteiger partial charge in [0.15, 0.2) is 0 Å². The second kappa shape index (κ2) is 6.33. The molecule has 0 bridgehead atoms. The number of hydrogen-bond acceptors (Lipinski definition) is 5. The first-order valence-electron chi connectivity index (χ1n) is 3.77. The average molecular weight is 180 g/mol. The number of rotatable bonds is 1. The third-order valence-corrected chi connectivity index (χ3v) is 1.63. The molecule has 0 saturated carbocycles. The predicted octanol–water partition coefficient (Wildman–Crippen LogP) is -1.90. The minimum atomic E-state index is -0.728. The van der Waals surface area contributed by atoms with Gasteiger partial charge in [0, 0.05) is 13.5 Å². The van der Waals surface area contributed by atoms with Gasteiger partial charge >= 0.3 is 0 Å². The lowest BCUT2D eigenvalue weighted by Gasteiger charge is -2.29. The quantitative estimate of drug-likeness (QED) is 0.378. The molecule has 0 spiro atoms. The van der Waals surface area contributed by atoms with Gasteiger partial charge in [0.2, 0.25) is 0 Å². The Balaban J connectivity index is 0.000000561. The highest BCUT2D eigenvalue weighted by Gasteiger charge is 2.27. The highest BCUT2D eigenvalue weighted by molar-refractivity contribution is 4.76. The third kappa shape index (κ3) is 3.46. The summed E-state index contributed by atoms with van der Waals surface area (Å²) in [5, 5.41) is 33.6. The maximum absolute atomic E-state index is 9.09. The molecular weight excluding hydrogens is 164 g/mol. The fourth-order valence-corrected chi connectivity index (χ4v) is 1.02. The summed E-state index contributed by atoms with van der Waals surface area (Å²) in [6.45, 7) is 0.0240. The van der Waals surface area contributed by atoms with Crippen LogP contribution in [-0.4, -0.2) is 59.1 Å². The number of hydrogen-bond donors (Lipinski definition) is 4. The fraction of sp³-hybridized carbons (Fsp3) is 1.00. The molecule has 1 fully saturated rings. The van der Waals surface area contributed by atoms with Crippen molar-refractivity contribution in [3.8, 4) is 0 Å². The van der Waals surface area contributed by atoms with E-state index in [0.717, 1.165) is 7.11 Å². The molecule has 5 nitrogen and oxygen atoms in total. The van der Waals surface area contributed by atoms with Crippen LogP contribution in [0.3, 0.4) is 0 Å². The largest absolute Gasteiger partial charge is 0.400 e. The molecule has 0 aromatic carbocycles. The van der Waals surface area contributed by atoms with Crippen molar-refractivity contribution in [2.75, 3.05) is 20.3 Å². The second-order valence-corrected chi connectivity index (χ2v) is 2.51. The summed E-state index contributed by atoms with van der Waals surface area (Å²) in [7, 11) is 1.00. The van der Waals surface area contributed by atoms with Gasteiger partial charge in [0.25, 0.3) is 0 Å². The number of ether oxygens (including phenoxy) is 1. The molecule has 12 heavy (non-hydrogen) atoms. The van der Waals surface area contributed by atoms with Crippen LogP contribution in [0.5, 0.6) is 0 Å². The molecule has 0 radical (unpaired) electrons. The Morgan fingerprint density at radius 3 is 2.33 bits per heavy atom. The summed E-state index contributed by atoms with van der Waals surface area (Å²) in [6.07, 6.45) is -1.53. The predicted molar refractivity (Wildman–Crippen MR) is 41.6 cm³/mol. The van der Waals surface area contributed by atoms with Crippen molar-refractivity contribution < 1.29 is 25.2 Å². The van der Waals surface area contributed by atoms with Crippen LogP contribution >= 0.6 is 0 Å². The van der Waals surface area contributed by atoms with Gasteiger partial charge in [0.1, 0.15) is 6.10 Å². The van der Waals surface area contributed by atoms with E-state index in [1.165, 1.54) is 0 Å². The summed E-state index contributed by atoms with van der Waals surface area (Å²) in [6, 6.07) is 0. The van der Waals surface area contributed by atoms with E-state index in [9.17, 15) is 0 Å². The van der Waals surface area contributed by atoms with E-state index >= 15 is 0 Å². The van der Waals surface area contributed by atoms with Crippen molar-refractivity contribution in [2.45, 2.75) is 24.7 Å². The molecule has 1 saturated heterocycles. The monoisotopic (exact) mass is 180 g/mol. The molecule has 4 N–H and O–H groups in total. The Kier molecular flexibility index (Phi) is 6.23. The van der Waals surface area contributed by atoms with Gasteiger partial charge < -0.3 is 25.2 Å². The molecule has 0 aromatic rings. The van der Waals surface area contributed by atoms with Crippen LogP contribution in [0.4, 0.5) is 0 Å². The van der Waals surface area contributed by atoms with Crippen LogP contribution in [0.15, 0.2) is 0 Å². The van der Waals surface area contributed by atoms with Crippen LogP contribution in [0.1, 0.15) is 6.42 Å². The molecule has 0 aromatic heterocycles. The molecule has 2 unspecified atom stereocenters. The van der Waals surface area contributed by atoms with E-state index in [1.807, 2.05) is 0 Å². The molecular formula is C7H16O5. The van der Waals surface area contributed by atoms with Crippen molar-refractivity contribution in [2.24, 2.45) is 0 Å². The Morgan fingerprint density at radius 1 is 1.33 bits per heavy atom. The van der Waals surface area contributed by atoms with Gasteiger partial charge in [-0.05, 0) is 0 Å². The molecule has 74 valence electrons. The molecule has 5 heteroatoms. The number of aliphatic hydroxyl groups is 4. The lowest BCUT2D eigenvalue weighted by atomic mass is 10.0. The zero-order valence-corrected chi connectivity index (χ0v) is 7.05. The van der Waals surface area contributed by atoms with Crippen LogP contribution in [0.25, 0.3) is 0 Å². The van der Waals surface area contributed by atoms with Crippen molar-refractivity contribution >= 4 is 0 Å². The summed E-state index contributed by atoms with van der Waals surface area (Å²) in [5.41, 5.74) is 0. The van der Waals surface area contributed by atoms with E-state index in [0.29, 0.717) is 6.42 Å². The van der Waals surface area contributed by atoms with Gasteiger partial charge in [-0.25, -0.2) is 0 Å². The summed E-state index contributed by atoms with van der Waals surface area (Å²) in [5.74, 6) is 0. The summed E-state index contributed by atoms with van der Waals surface area (Å²) >= 11 is 0. The fourth-order valence-electron chi connectivity index (χ4n) is 1.02. The van der Waals surface area contributed by atoms with E-state index in [2.05, 4.69) is 0 Å². The molecule has 1 aliphatic rings. The first-order chi connectivity index (χ1) is 5.74. The molecule has 1 aliphatic heterocycles. The van der Waals surface area contributed by atoms with Crippen molar-refractivity contribution in [1.82, 2.24) is 0 Å². The smallest absolute Gasteiger partial charge is 0.107 e. The molecule has 0 amide bonds. The molecule has 3 atom stereocenters. The van der Waals surface area contributed by atoms with Crippen LogP contribution < -0.4 is 0 Å². The van der Waals surface area contributed by atoms with Crippen molar-refractivity contribution in [1.29, 1.82) is 0 Å². The average Bonchev–Trinajstić information content (AvgIpc) is 2.08. The van der Waals surface area contributed by atoms with E-state index in [-0.39, 0.29) is 13.2 Å². The SMILES string of the molecule is CO.OC[C@H]1OCC(O)CC1O. The maximum atomic E-state index is 9.09. The minimum absolute atomic E-state index is 0.187. The Labute approximate surface area is 71.2 Å². The van der Waals surface area contributed by atoms with Gasteiger partial charge in [0.05, 0.1) is 25.4 Å². The van der Waals surface area contributed by atoms with Crippen molar-refractivity contribution in [3.05, 3.63) is 0 Å². The van der Waals surface area contributed by atoms with E-state index < -0.39 is 18.3 Å². The van der Waals surface area contributed by atoms with E-state index in [4.69, 9.17) is 25.2 Å². The van der Waals surface area contributed by atoms with Gasteiger partial charge in [-0.15, -0.1) is 0 Å². The van der Waals surface area contributed by atoms with Crippen molar-refractivity contribution in [3.63, 3.8) is 0 Å². The normalized spacial score (nSPS) is 35.2. The molecule has 1 heterocycles. The standard InChI is InChI=1S/C6H12O4.CH4O/c7-2-6-5(9)1-4(8)3-10-6;1-2/h4-9H,1-3H2;2H,1H3/t4?,5?,6-;/m1./s1. The minimum Gasteiger partial charge on any atom is -0.400 e. The Morgan fingerprint density at radius 2 is 1.92 bits per heavy atom. The first-order valence-corrected chi connectivity index (χ1v) is 3.77. The topological polar surface area (TPSA) is 90.2 Å². The second-order valence-electron chi connectivity index (χ2n) is 2.51. The Hall–Kier alpha value is -0.200. The lowest BCUT2D eigenvalue weighted by molar-refractivity contribution is -0.136. The zero-order chi connectivity index (χ0) is 9.56. The van der Waals surface area contributed by atoms with Gasteiger partial charge in [-0.2, -0.15) is 0 Å².